The molecule has 2 aromatic heterocycles. The summed E-state index contributed by atoms with van der Waals surface area (Å²) in [4.78, 5) is 18.0. The van der Waals surface area contributed by atoms with Crippen LogP contribution in [0, 0.1) is 6.92 Å². The van der Waals surface area contributed by atoms with Gasteiger partial charge < -0.3 is 9.30 Å². The summed E-state index contributed by atoms with van der Waals surface area (Å²) in [5.74, 6) is -0.278. The molecule has 3 aromatic rings. The minimum atomic E-state index is -0.278. The van der Waals surface area contributed by atoms with Gasteiger partial charge in [-0.15, -0.1) is 0 Å². The van der Waals surface area contributed by atoms with Crippen LogP contribution in [0.2, 0.25) is 0 Å². The quantitative estimate of drug-likeness (QED) is 0.525. The number of aromatic nitrogens is 3. The van der Waals surface area contributed by atoms with Crippen molar-refractivity contribution in [2.75, 3.05) is 13.2 Å². The second-order valence-corrected chi connectivity index (χ2v) is 8.40. The second-order valence-electron chi connectivity index (χ2n) is 6.47. The number of aryl methyl sites for hydroxylation is 1. The van der Waals surface area contributed by atoms with Crippen LogP contribution in [-0.4, -0.2) is 33.5 Å². The summed E-state index contributed by atoms with van der Waals surface area (Å²) in [6.45, 7) is 9.73. The van der Waals surface area contributed by atoms with Gasteiger partial charge in [-0.25, -0.2) is 0 Å². The Morgan fingerprint density at radius 1 is 1.37 bits per heavy atom. The number of nitrogens with zero attached hydrogens (tertiary/aromatic N) is 4. The number of fused-ring (bicyclic) bond motifs is 1. The highest BCUT2D eigenvalue weighted by molar-refractivity contribution is 9.10. The molecule has 0 aliphatic heterocycles. The van der Waals surface area contributed by atoms with E-state index in [1.807, 2.05) is 50.5 Å². The highest BCUT2D eigenvalue weighted by Gasteiger charge is 2.16. The smallest absolute Gasteiger partial charge is 0.297 e. The molecule has 6 nitrogen and oxygen atoms in total. The van der Waals surface area contributed by atoms with Crippen molar-refractivity contribution in [2.45, 2.75) is 40.3 Å². The van der Waals surface area contributed by atoms with Crippen molar-refractivity contribution in [3.63, 3.8) is 0 Å². The molecule has 27 heavy (non-hydrogen) atoms. The number of halogens is 1. The van der Waals surface area contributed by atoms with Crippen molar-refractivity contribution in [2.24, 2.45) is 4.99 Å². The first-order chi connectivity index (χ1) is 12.9. The molecule has 0 saturated heterocycles. The summed E-state index contributed by atoms with van der Waals surface area (Å²) < 4.78 is 11.4. The molecule has 3 rings (SSSR count). The Hall–Kier alpha value is -1.77. The van der Waals surface area contributed by atoms with Gasteiger partial charge in [0.25, 0.3) is 5.91 Å². The number of amides is 1. The monoisotopic (exact) mass is 450 g/mol. The maximum Gasteiger partial charge on any atom is 0.297 e. The Bertz CT molecular complexity index is 1030. The largest absolute Gasteiger partial charge is 0.380 e. The molecule has 0 spiro atoms. The first-order valence-corrected chi connectivity index (χ1v) is 10.5. The van der Waals surface area contributed by atoms with Crippen LogP contribution in [0.25, 0.3) is 10.2 Å². The Morgan fingerprint density at radius 2 is 2.15 bits per heavy atom. The lowest BCUT2D eigenvalue weighted by Gasteiger charge is -2.08. The van der Waals surface area contributed by atoms with Gasteiger partial charge in [0.15, 0.2) is 4.80 Å². The number of hydrogen-bond acceptors (Lipinski definition) is 4. The van der Waals surface area contributed by atoms with E-state index in [2.05, 4.69) is 26.0 Å². The summed E-state index contributed by atoms with van der Waals surface area (Å²) in [7, 11) is 0. The van der Waals surface area contributed by atoms with Gasteiger partial charge in [-0.3, -0.25) is 9.48 Å². The van der Waals surface area contributed by atoms with E-state index in [1.165, 1.54) is 11.3 Å². The fraction of sp³-hybridized carbons (Fsp3) is 0.421. The minimum Gasteiger partial charge on any atom is -0.380 e. The molecule has 0 bridgehead atoms. The van der Waals surface area contributed by atoms with Crippen LogP contribution in [-0.2, 0) is 11.3 Å². The average molecular weight is 451 g/mol. The Kier molecular flexibility index (Phi) is 6.29. The predicted octanol–water partition coefficient (Wildman–Crippen LogP) is 4.33. The number of rotatable bonds is 6. The van der Waals surface area contributed by atoms with Gasteiger partial charge in [-0.05, 0) is 52.0 Å². The van der Waals surface area contributed by atoms with Crippen molar-refractivity contribution < 1.29 is 9.53 Å². The number of ether oxygens (including phenoxy) is 1. The number of carbonyl (C=O) groups is 1. The summed E-state index contributed by atoms with van der Waals surface area (Å²) in [5.41, 5.74) is 2.37. The maximum atomic E-state index is 12.9. The number of hydrogen-bond donors (Lipinski definition) is 0. The van der Waals surface area contributed by atoms with Crippen LogP contribution >= 0.6 is 27.3 Å². The predicted molar refractivity (Wildman–Crippen MR) is 111 cm³/mol. The highest BCUT2D eigenvalue weighted by atomic mass is 79.9. The summed E-state index contributed by atoms with van der Waals surface area (Å²) in [6, 6.07) is 7.96. The standard InChI is InChI=1S/C19H23BrN4O2S/c1-5-26-9-8-23-15-7-6-14(20)11-17(15)27-19(23)21-18(25)16-10-13(4)22-24(16)12(2)3/h6-7,10-12H,5,8-9H2,1-4H3. The van der Waals surface area contributed by atoms with Crippen molar-refractivity contribution in [3.8, 4) is 0 Å². The van der Waals surface area contributed by atoms with Crippen molar-refractivity contribution in [1.29, 1.82) is 0 Å². The molecule has 0 radical (unpaired) electrons. The molecule has 0 unspecified atom stereocenters. The van der Waals surface area contributed by atoms with Crippen molar-refractivity contribution in [3.05, 3.63) is 44.9 Å². The third-order valence-electron chi connectivity index (χ3n) is 4.07. The van der Waals surface area contributed by atoms with Gasteiger partial charge in [0.1, 0.15) is 5.69 Å². The van der Waals surface area contributed by atoms with Crippen LogP contribution in [0.4, 0.5) is 0 Å². The molecule has 8 heteroatoms. The topological polar surface area (TPSA) is 61.4 Å². The van der Waals surface area contributed by atoms with Crippen LogP contribution in [0.15, 0.2) is 33.7 Å². The lowest BCUT2D eigenvalue weighted by molar-refractivity contribution is 0.0984. The van der Waals surface area contributed by atoms with E-state index >= 15 is 0 Å². The summed E-state index contributed by atoms with van der Waals surface area (Å²) in [5, 5.41) is 4.42. The molecule has 0 fully saturated rings. The zero-order chi connectivity index (χ0) is 19.6. The first kappa shape index (κ1) is 20.0. The van der Waals surface area contributed by atoms with Gasteiger partial charge in [0.2, 0.25) is 0 Å². The maximum absolute atomic E-state index is 12.9. The molecular weight excluding hydrogens is 428 g/mol. The van der Waals surface area contributed by atoms with Gasteiger partial charge >= 0.3 is 0 Å². The van der Waals surface area contributed by atoms with Gasteiger partial charge in [0.05, 0.1) is 22.5 Å². The number of benzene rings is 1. The number of thiazole rings is 1. The van der Waals surface area contributed by atoms with E-state index in [0.717, 1.165) is 20.4 Å². The van der Waals surface area contributed by atoms with Crippen LogP contribution in [0.1, 0.15) is 43.0 Å². The normalized spacial score (nSPS) is 12.4. The molecule has 1 amide bonds. The van der Waals surface area contributed by atoms with Crippen LogP contribution in [0.5, 0.6) is 0 Å². The molecular formula is C19H23BrN4O2S. The van der Waals surface area contributed by atoms with Crippen molar-refractivity contribution >= 4 is 43.4 Å². The molecule has 2 heterocycles. The van der Waals surface area contributed by atoms with E-state index in [0.29, 0.717) is 30.3 Å². The zero-order valence-corrected chi connectivity index (χ0v) is 18.3. The lowest BCUT2D eigenvalue weighted by Crippen LogP contribution is -2.21. The molecule has 0 aliphatic carbocycles. The van der Waals surface area contributed by atoms with E-state index < -0.39 is 0 Å². The second kappa shape index (κ2) is 8.50. The minimum absolute atomic E-state index is 0.0938. The van der Waals surface area contributed by atoms with Crippen LogP contribution < -0.4 is 4.80 Å². The van der Waals surface area contributed by atoms with Gasteiger partial charge in [-0.2, -0.15) is 10.1 Å². The van der Waals surface area contributed by atoms with Crippen molar-refractivity contribution in [1.82, 2.24) is 14.3 Å². The highest BCUT2D eigenvalue weighted by Crippen LogP contribution is 2.22. The zero-order valence-electron chi connectivity index (χ0n) is 15.9. The molecule has 0 N–H and O–H groups in total. The van der Waals surface area contributed by atoms with Gasteiger partial charge in [-0.1, -0.05) is 27.3 Å². The molecule has 0 aliphatic rings. The Morgan fingerprint density at radius 3 is 2.85 bits per heavy atom. The molecule has 1 aromatic carbocycles. The Balaban J connectivity index is 2.09. The molecule has 0 saturated carbocycles. The average Bonchev–Trinajstić information content (AvgIpc) is 3.16. The van der Waals surface area contributed by atoms with E-state index in [4.69, 9.17) is 4.74 Å². The molecule has 144 valence electrons. The van der Waals surface area contributed by atoms with E-state index in [-0.39, 0.29) is 11.9 Å². The summed E-state index contributed by atoms with van der Waals surface area (Å²) in [6.07, 6.45) is 0. The molecule has 0 atom stereocenters. The third-order valence-corrected chi connectivity index (χ3v) is 5.61. The Labute approximate surface area is 170 Å². The van der Waals surface area contributed by atoms with Gasteiger partial charge in [0, 0.05) is 23.7 Å². The SMILES string of the molecule is CCOCCn1c(=NC(=O)c2cc(C)nn2C(C)C)sc2cc(Br)ccc21. The number of carbonyl (C=O) groups excluding carboxylic acids is 1. The van der Waals surface area contributed by atoms with E-state index in [1.54, 1.807) is 10.7 Å². The van der Waals surface area contributed by atoms with E-state index in [9.17, 15) is 4.79 Å². The fourth-order valence-electron chi connectivity index (χ4n) is 2.86. The first-order valence-electron chi connectivity index (χ1n) is 8.92. The van der Waals surface area contributed by atoms with Crippen LogP contribution in [0.3, 0.4) is 0 Å². The summed E-state index contributed by atoms with van der Waals surface area (Å²) >= 11 is 5.01. The fourth-order valence-corrected chi connectivity index (χ4v) is 4.47. The third kappa shape index (κ3) is 4.39. The lowest BCUT2D eigenvalue weighted by atomic mass is 10.3.